The van der Waals surface area contributed by atoms with Crippen LogP contribution in [-0.4, -0.2) is 24.0 Å². The van der Waals surface area contributed by atoms with Crippen molar-refractivity contribution in [3.8, 4) is 0 Å². The predicted octanol–water partition coefficient (Wildman–Crippen LogP) is 3.89. The first-order chi connectivity index (χ1) is 8.58. The highest BCUT2D eigenvalue weighted by molar-refractivity contribution is 7.10. The molecule has 0 fully saturated rings. The van der Waals surface area contributed by atoms with E-state index in [9.17, 15) is 0 Å². The Morgan fingerprint density at radius 1 is 1.22 bits per heavy atom. The molecule has 0 spiro atoms. The molecule has 0 aliphatic carbocycles. The maximum Gasteiger partial charge on any atom is 0.0519 e. The van der Waals surface area contributed by atoms with Gasteiger partial charge in [-0.15, -0.1) is 11.3 Å². The number of rotatable bonds is 8. The van der Waals surface area contributed by atoms with E-state index >= 15 is 0 Å². The molecule has 0 saturated heterocycles. The van der Waals surface area contributed by atoms with Gasteiger partial charge in [0, 0.05) is 24.0 Å². The average Bonchev–Trinajstić information content (AvgIpc) is 2.83. The third kappa shape index (κ3) is 4.71. The van der Waals surface area contributed by atoms with Gasteiger partial charge in [0.05, 0.1) is 6.04 Å². The lowest BCUT2D eigenvalue weighted by atomic mass is 10.1. The van der Waals surface area contributed by atoms with E-state index < -0.39 is 0 Å². The molecule has 0 aliphatic rings. The summed E-state index contributed by atoms with van der Waals surface area (Å²) in [6.45, 7) is 11.2. The van der Waals surface area contributed by atoms with Crippen molar-refractivity contribution in [2.24, 2.45) is 11.7 Å². The number of hydrogen-bond acceptors (Lipinski definition) is 3. The second-order valence-electron chi connectivity index (χ2n) is 5.44. The van der Waals surface area contributed by atoms with Crippen LogP contribution >= 0.6 is 11.3 Å². The minimum atomic E-state index is 0.157. The molecule has 0 radical (unpaired) electrons. The third-order valence-electron chi connectivity index (χ3n) is 3.40. The van der Waals surface area contributed by atoms with Crippen LogP contribution in [0.2, 0.25) is 0 Å². The van der Waals surface area contributed by atoms with E-state index in [1.54, 1.807) is 11.3 Å². The molecule has 1 atom stereocenters. The summed E-state index contributed by atoms with van der Waals surface area (Å²) in [5, 5.41) is 2.11. The Bertz CT molecular complexity index is 304. The van der Waals surface area contributed by atoms with Crippen molar-refractivity contribution in [3.05, 3.63) is 22.4 Å². The number of nitrogens with zero attached hydrogens (tertiary/aromatic N) is 1. The van der Waals surface area contributed by atoms with Gasteiger partial charge >= 0.3 is 0 Å². The summed E-state index contributed by atoms with van der Waals surface area (Å²) in [5.74, 6) is 0.695. The fourth-order valence-corrected chi connectivity index (χ4v) is 3.21. The normalized spacial score (nSPS) is 13.8. The molecule has 2 nitrogen and oxygen atoms in total. The van der Waals surface area contributed by atoms with Gasteiger partial charge in [0.2, 0.25) is 0 Å². The van der Waals surface area contributed by atoms with Gasteiger partial charge in [-0.2, -0.15) is 0 Å². The number of thiophene rings is 1. The Hall–Kier alpha value is -0.380. The van der Waals surface area contributed by atoms with Gasteiger partial charge in [-0.3, -0.25) is 4.90 Å². The second kappa shape index (κ2) is 7.93. The van der Waals surface area contributed by atoms with E-state index in [1.807, 2.05) is 0 Å². The first kappa shape index (κ1) is 15.7. The summed E-state index contributed by atoms with van der Waals surface area (Å²) in [6, 6.07) is 5.06. The Kier molecular flexibility index (Phi) is 6.90. The summed E-state index contributed by atoms with van der Waals surface area (Å²) in [7, 11) is 0. The van der Waals surface area contributed by atoms with Crippen LogP contribution in [0.25, 0.3) is 0 Å². The lowest BCUT2D eigenvalue weighted by Crippen LogP contribution is -2.41. The fourth-order valence-electron chi connectivity index (χ4n) is 2.49. The van der Waals surface area contributed by atoms with E-state index in [0.717, 1.165) is 13.1 Å². The monoisotopic (exact) mass is 268 g/mol. The smallest absolute Gasteiger partial charge is 0.0519 e. The maximum absolute atomic E-state index is 6.33. The Morgan fingerprint density at radius 3 is 2.33 bits per heavy atom. The minimum absolute atomic E-state index is 0.157. The van der Waals surface area contributed by atoms with E-state index in [-0.39, 0.29) is 6.04 Å². The maximum atomic E-state index is 6.33. The highest BCUT2D eigenvalue weighted by Crippen LogP contribution is 2.20. The molecule has 18 heavy (non-hydrogen) atoms. The molecule has 1 aromatic rings. The van der Waals surface area contributed by atoms with Crippen molar-refractivity contribution in [1.29, 1.82) is 0 Å². The first-order valence-corrected chi connectivity index (χ1v) is 7.99. The topological polar surface area (TPSA) is 29.3 Å². The molecule has 2 N–H and O–H groups in total. The summed E-state index contributed by atoms with van der Waals surface area (Å²) < 4.78 is 0. The number of nitrogens with two attached hydrogens (primary N) is 1. The summed E-state index contributed by atoms with van der Waals surface area (Å²) in [4.78, 5) is 3.88. The van der Waals surface area contributed by atoms with E-state index in [0.29, 0.717) is 12.0 Å². The molecule has 1 aromatic heterocycles. The first-order valence-electron chi connectivity index (χ1n) is 7.11. The summed E-state index contributed by atoms with van der Waals surface area (Å²) in [6.07, 6.45) is 2.42. The van der Waals surface area contributed by atoms with Crippen LogP contribution in [0.1, 0.15) is 51.5 Å². The van der Waals surface area contributed by atoms with Gasteiger partial charge in [-0.05, 0) is 30.2 Å². The van der Waals surface area contributed by atoms with Gasteiger partial charge in [0.15, 0.2) is 0 Å². The molecule has 0 bridgehead atoms. The van der Waals surface area contributed by atoms with Crippen LogP contribution in [0.3, 0.4) is 0 Å². The molecule has 0 aromatic carbocycles. The molecule has 104 valence electrons. The zero-order chi connectivity index (χ0) is 13.5. The van der Waals surface area contributed by atoms with E-state index in [1.165, 1.54) is 17.7 Å². The van der Waals surface area contributed by atoms with E-state index in [4.69, 9.17) is 5.73 Å². The van der Waals surface area contributed by atoms with Gasteiger partial charge < -0.3 is 5.73 Å². The van der Waals surface area contributed by atoms with Crippen LogP contribution < -0.4 is 5.73 Å². The molecule has 0 saturated carbocycles. The molecule has 1 rings (SSSR count). The molecule has 1 unspecified atom stereocenters. The van der Waals surface area contributed by atoms with Crippen LogP contribution in [0.4, 0.5) is 0 Å². The summed E-state index contributed by atoms with van der Waals surface area (Å²) in [5.41, 5.74) is 6.33. The third-order valence-corrected chi connectivity index (χ3v) is 4.40. The van der Waals surface area contributed by atoms with Crippen molar-refractivity contribution >= 4 is 11.3 Å². The van der Waals surface area contributed by atoms with Crippen molar-refractivity contribution in [2.75, 3.05) is 13.1 Å². The predicted molar refractivity (Wildman–Crippen MR) is 82.0 cm³/mol. The zero-order valence-corrected chi connectivity index (χ0v) is 13.0. The fraction of sp³-hybridized carbons (Fsp3) is 0.733. The summed E-state index contributed by atoms with van der Waals surface area (Å²) >= 11 is 1.77. The largest absolute Gasteiger partial charge is 0.322 e. The van der Waals surface area contributed by atoms with Gasteiger partial charge in [-0.1, -0.05) is 33.8 Å². The lowest BCUT2D eigenvalue weighted by Gasteiger charge is -2.33. The van der Waals surface area contributed by atoms with Gasteiger partial charge in [-0.25, -0.2) is 0 Å². The van der Waals surface area contributed by atoms with Gasteiger partial charge in [0.1, 0.15) is 0 Å². The van der Waals surface area contributed by atoms with Crippen molar-refractivity contribution in [3.63, 3.8) is 0 Å². The SMILES string of the molecule is CCC(CC)N(CC(C)C)CC(N)c1cccs1. The average molecular weight is 268 g/mol. The minimum Gasteiger partial charge on any atom is -0.322 e. The molecule has 0 aliphatic heterocycles. The molecular weight excluding hydrogens is 240 g/mol. The van der Waals surface area contributed by atoms with Crippen LogP contribution in [0.5, 0.6) is 0 Å². The second-order valence-corrected chi connectivity index (χ2v) is 6.42. The standard InChI is InChI=1S/C15H28N2S/c1-5-13(6-2)17(10-12(3)4)11-14(16)15-8-7-9-18-15/h7-9,12-14H,5-6,10-11,16H2,1-4H3. The van der Waals surface area contributed by atoms with Crippen LogP contribution in [0, 0.1) is 5.92 Å². The highest BCUT2D eigenvalue weighted by Gasteiger charge is 2.20. The molecule has 0 amide bonds. The quantitative estimate of drug-likeness (QED) is 0.775. The zero-order valence-electron chi connectivity index (χ0n) is 12.2. The molecule has 3 heteroatoms. The van der Waals surface area contributed by atoms with Gasteiger partial charge in [0.25, 0.3) is 0 Å². The molecule has 1 heterocycles. The van der Waals surface area contributed by atoms with E-state index in [2.05, 4.69) is 50.1 Å². The Labute approximate surface area is 116 Å². The molecular formula is C15H28N2S. The van der Waals surface area contributed by atoms with Crippen molar-refractivity contribution < 1.29 is 0 Å². The van der Waals surface area contributed by atoms with Crippen LogP contribution in [-0.2, 0) is 0 Å². The van der Waals surface area contributed by atoms with Crippen molar-refractivity contribution in [1.82, 2.24) is 4.90 Å². The lowest BCUT2D eigenvalue weighted by molar-refractivity contribution is 0.157. The Morgan fingerprint density at radius 2 is 1.89 bits per heavy atom. The van der Waals surface area contributed by atoms with Crippen LogP contribution in [0.15, 0.2) is 17.5 Å². The Balaban J connectivity index is 2.65. The van der Waals surface area contributed by atoms with Crippen molar-refractivity contribution in [2.45, 2.75) is 52.6 Å². The highest BCUT2D eigenvalue weighted by atomic mass is 32.1. The number of hydrogen-bond donors (Lipinski definition) is 1.